The van der Waals surface area contributed by atoms with Crippen molar-refractivity contribution in [2.75, 3.05) is 5.32 Å². The smallest absolute Gasteiger partial charge is 0.165 e. The van der Waals surface area contributed by atoms with Gasteiger partial charge in [-0.1, -0.05) is 74.0 Å². The molecule has 0 spiro atoms. The summed E-state index contributed by atoms with van der Waals surface area (Å²) in [6, 6.07) is 23.1. The molecular formula is C23H24N4. The number of aryl methyl sites for hydroxylation is 1. The second-order valence-corrected chi connectivity index (χ2v) is 6.82. The summed E-state index contributed by atoms with van der Waals surface area (Å²) in [5, 5.41) is 8.26. The van der Waals surface area contributed by atoms with Crippen molar-refractivity contribution in [3.63, 3.8) is 0 Å². The highest BCUT2D eigenvalue weighted by atomic mass is 15.3. The third kappa shape index (κ3) is 3.56. The zero-order chi connectivity index (χ0) is 18.6. The molecule has 4 nitrogen and oxygen atoms in total. The molecule has 136 valence electrons. The lowest BCUT2D eigenvalue weighted by Gasteiger charge is -2.17. The summed E-state index contributed by atoms with van der Waals surface area (Å²) in [6.07, 6.45) is 3.92. The number of rotatable bonds is 6. The summed E-state index contributed by atoms with van der Waals surface area (Å²) in [5.74, 6) is 0.974. The van der Waals surface area contributed by atoms with Gasteiger partial charge in [-0.3, -0.25) is 0 Å². The van der Waals surface area contributed by atoms with E-state index in [1.165, 1.54) is 5.56 Å². The van der Waals surface area contributed by atoms with E-state index in [4.69, 9.17) is 4.98 Å². The molecule has 0 unspecified atom stereocenters. The van der Waals surface area contributed by atoms with Crippen LogP contribution < -0.4 is 5.32 Å². The van der Waals surface area contributed by atoms with Crippen molar-refractivity contribution in [3.05, 3.63) is 84.2 Å². The normalized spacial score (nSPS) is 12.2. The molecule has 0 saturated heterocycles. The fraction of sp³-hybridized carbons (Fsp3) is 0.217. The van der Waals surface area contributed by atoms with Crippen molar-refractivity contribution in [1.29, 1.82) is 0 Å². The Morgan fingerprint density at radius 3 is 2.41 bits per heavy atom. The zero-order valence-corrected chi connectivity index (χ0v) is 15.8. The van der Waals surface area contributed by atoms with Gasteiger partial charge in [0.15, 0.2) is 5.65 Å². The molecular weight excluding hydrogens is 332 g/mol. The maximum Gasteiger partial charge on any atom is 0.165 e. The number of benzene rings is 2. The highest BCUT2D eigenvalue weighted by Gasteiger charge is 2.14. The molecule has 0 radical (unpaired) electrons. The summed E-state index contributed by atoms with van der Waals surface area (Å²) < 4.78 is 1.92. The fourth-order valence-electron chi connectivity index (χ4n) is 3.37. The number of hydrogen-bond donors (Lipinski definition) is 1. The average molecular weight is 356 g/mol. The van der Waals surface area contributed by atoms with Crippen LogP contribution in [-0.4, -0.2) is 14.6 Å². The SMILES string of the molecule is CCCc1cc(N[C@H](C)c2ccccc2)n2ncc(-c3ccccc3)c2n1. The number of fused-ring (bicyclic) bond motifs is 1. The molecule has 2 aromatic carbocycles. The van der Waals surface area contributed by atoms with Crippen molar-refractivity contribution in [2.45, 2.75) is 32.7 Å². The minimum atomic E-state index is 0.177. The Balaban J connectivity index is 1.79. The lowest BCUT2D eigenvalue weighted by atomic mass is 10.1. The Labute approximate surface area is 159 Å². The highest BCUT2D eigenvalue weighted by Crippen LogP contribution is 2.27. The number of nitrogens with one attached hydrogen (secondary N) is 1. The van der Waals surface area contributed by atoms with Crippen LogP contribution in [0.3, 0.4) is 0 Å². The summed E-state index contributed by atoms with van der Waals surface area (Å²) >= 11 is 0. The molecule has 0 bridgehead atoms. The van der Waals surface area contributed by atoms with Crippen LogP contribution in [0.15, 0.2) is 72.9 Å². The molecule has 27 heavy (non-hydrogen) atoms. The van der Waals surface area contributed by atoms with E-state index in [9.17, 15) is 0 Å². The van der Waals surface area contributed by atoms with Crippen molar-refractivity contribution in [3.8, 4) is 11.1 Å². The van der Waals surface area contributed by atoms with Gasteiger partial charge in [-0.05, 0) is 24.5 Å². The van der Waals surface area contributed by atoms with Crippen LogP contribution in [0.1, 0.15) is 37.6 Å². The first kappa shape index (κ1) is 17.3. The first-order valence-corrected chi connectivity index (χ1v) is 9.51. The molecule has 0 saturated carbocycles. The molecule has 0 fully saturated rings. The van der Waals surface area contributed by atoms with Gasteiger partial charge in [0, 0.05) is 23.4 Å². The number of aromatic nitrogens is 3. The topological polar surface area (TPSA) is 42.2 Å². The minimum absolute atomic E-state index is 0.177. The Morgan fingerprint density at radius 1 is 1.00 bits per heavy atom. The van der Waals surface area contributed by atoms with Crippen LogP contribution in [0.2, 0.25) is 0 Å². The van der Waals surface area contributed by atoms with E-state index in [1.807, 2.05) is 35.0 Å². The number of anilines is 1. The molecule has 2 aromatic heterocycles. The molecule has 0 amide bonds. The Morgan fingerprint density at radius 2 is 1.70 bits per heavy atom. The van der Waals surface area contributed by atoms with E-state index in [-0.39, 0.29) is 6.04 Å². The van der Waals surface area contributed by atoms with E-state index in [2.05, 4.69) is 66.7 Å². The predicted molar refractivity (Wildman–Crippen MR) is 111 cm³/mol. The monoisotopic (exact) mass is 356 g/mol. The van der Waals surface area contributed by atoms with E-state index < -0.39 is 0 Å². The Hall–Kier alpha value is -3.14. The maximum atomic E-state index is 4.90. The van der Waals surface area contributed by atoms with Crippen molar-refractivity contribution in [1.82, 2.24) is 14.6 Å². The summed E-state index contributed by atoms with van der Waals surface area (Å²) in [6.45, 7) is 4.35. The largest absolute Gasteiger partial charge is 0.363 e. The molecule has 4 rings (SSSR count). The quantitative estimate of drug-likeness (QED) is 0.494. The lowest BCUT2D eigenvalue weighted by molar-refractivity contribution is 0.822. The molecule has 0 aliphatic heterocycles. The molecule has 0 aliphatic rings. The maximum absolute atomic E-state index is 4.90. The molecule has 4 aromatic rings. The molecule has 4 heteroatoms. The number of hydrogen-bond acceptors (Lipinski definition) is 3. The van der Waals surface area contributed by atoms with E-state index >= 15 is 0 Å². The van der Waals surface area contributed by atoms with Crippen molar-refractivity contribution >= 4 is 11.5 Å². The van der Waals surface area contributed by atoms with E-state index in [1.54, 1.807) is 0 Å². The van der Waals surface area contributed by atoms with Gasteiger partial charge in [0.2, 0.25) is 0 Å². The molecule has 1 N–H and O–H groups in total. The van der Waals surface area contributed by atoms with Gasteiger partial charge in [0.05, 0.1) is 6.20 Å². The van der Waals surface area contributed by atoms with Crippen LogP contribution in [-0.2, 0) is 6.42 Å². The minimum Gasteiger partial charge on any atom is -0.363 e. The van der Waals surface area contributed by atoms with Crippen LogP contribution in [0.5, 0.6) is 0 Å². The van der Waals surface area contributed by atoms with Crippen molar-refractivity contribution in [2.24, 2.45) is 0 Å². The summed E-state index contributed by atoms with van der Waals surface area (Å²) in [7, 11) is 0. The van der Waals surface area contributed by atoms with Gasteiger partial charge in [0.25, 0.3) is 0 Å². The standard InChI is InChI=1S/C23H24N4/c1-3-10-20-15-22(25-17(2)18-11-6-4-7-12-18)27-23(26-20)21(16-24-27)19-13-8-5-9-14-19/h4-9,11-17,25H,3,10H2,1-2H3/t17-/m1/s1. The fourth-order valence-corrected chi connectivity index (χ4v) is 3.37. The third-order valence-corrected chi connectivity index (χ3v) is 4.78. The second-order valence-electron chi connectivity index (χ2n) is 6.82. The van der Waals surface area contributed by atoms with Gasteiger partial charge in [-0.15, -0.1) is 0 Å². The third-order valence-electron chi connectivity index (χ3n) is 4.78. The molecule has 0 aliphatic carbocycles. The van der Waals surface area contributed by atoms with Gasteiger partial charge >= 0.3 is 0 Å². The van der Waals surface area contributed by atoms with Gasteiger partial charge in [-0.2, -0.15) is 9.61 Å². The van der Waals surface area contributed by atoms with Crippen LogP contribution >= 0.6 is 0 Å². The zero-order valence-electron chi connectivity index (χ0n) is 15.8. The van der Waals surface area contributed by atoms with Crippen LogP contribution in [0.4, 0.5) is 5.82 Å². The summed E-state index contributed by atoms with van der Waals surface area (Å²) in [4.78, 5) is 4.90. The van der Waals surface area contributed by atoms with Gasteiger partial charge in [0.1, 0.15) is 5.82 Å². The first-order chi connectivity index (χ1) is 13.3. The van der Waals surface area contributed by atoms with E-state index in [0.29, 0.717) is 0 Å². The van der Waals surface area contributed by atoms with Gasteiger partial charge < -0.3 is 5.32 Å². The highest BCUT2D eigenvalue weighted by molar-refractivity contribution is 5.78. The van der Waals surface area contributed by atoms with Crippen LogP contribution in [0, 0.1) is 0 Å². The number of nitrogens with zero attached hydrogens (tertiary/aromatic N) is 3. The predicted octanol–water partition coefficient (Wildman–Crippen LogP) is 5.52. The van der Waals surface area contributed by atoms with Crippen molar-refractivity contribution < 1.29 is 0 Å². The molecule has 2 heterocycles. The Kier molecular flexibility index (Phi) is 4.88. The second kappa shape index (κ2) is 7.62. The summed E-state index contributed by atoms with van der Waals surface area (Å²) in [5.41, 5.74) is 5.43. The van der Waals surface area contributed by atoms with E-state index in [0.717, 1.165) is 41.1 Å². The molecule has 1 atom stereocenters. The Bertz CT molecular complexity index is 1020. The first-order valence-electron chi connectivity index (χ1n) is 9.51. The average Bonchev–Trinajstić information content (AvgIpc) is 3.14. The lowest BCUT2D eigenvalue weighted by Crippen LogP contribution is -2.11. The van der Waals surface area contributed by atoms with Crippen LogP contribution in [0.25, 0.3) is 16.8 Å². The van der Waals surface area contributed by atoms with Gasteiger partial charge in [-0.25, -0.2) is 4.98 Å².